The number of carbonyl (C=O) groups is 2. The Kier molecular flexibility index (Phi) is 7.83. The molecule has 0 spiro atoms. The van der Waals surface area contributed by atoms with E-state index < -0.39 is 11.9 Å². The van der Waals surface area contributed by atoms with Crippen LogP contribution in [-0.2, 0) is 16.0 Å². The zero-order valence-electron chi connectivity index (χ0n) is 15.3. The van der Waals surface area contributed by atoms with Gasteiger partial charge in [-0.05, 0) is 55.3 Å². The Morgan fingerprint density at radius 1 is 1.25 bits per heavy atom. The van der Waals surface area contributed by atoms with Crippen LogP contribution in [0.2, 0.25) is 0 Å². The van der Waals surface area contributed by atoms with Gasteiger partial charge in [0.05, 0.1) is 17.4 Å². The number of hydrogen-bond donors (Lipinski definition) is 2. The molecule has 2 fully saturated rings. The topological polar surface area (TPSA) is 104 Å². The highest BCUT2D eigenvalue weighted by atomic mass is 32.2. The van der Waals surface area contributed by atoms with Crippen molar-refractivity contribution in [2.45, 2.75) is 36.6 Å². The zero-order valence-corrected chi connectivity index (χ0v) is 17.8. The minimum Gasteiger partial charge on any atom is -0.473 e. The van der Waals surface area contributed by atoms with E-state index in [-0.39, 0.29) is 0 Å². The average molecular weight is 442 g/mol. The van der Waals surface area contributed by atoms with E-state index in [0.717, 1.165) is 11.7 Å². The molecule has 7 nitrogen and oxygen atoms in total. The van der Waals surface area contributed by atoms with Gasteiger partial charge >= 0.3 is 11.9 Å². The molecule has 0 amide bonds. The second-order valence-electron chi connectivity index (χ2n) is 6.86. The summed E-state index contributed by atoms with van der Waals surface area (Å²) in [4.78, 5) is 22.3. The van der Waals surface area contributed by atoms with Crippen LogP contribution < -0.4 is 0 Å². The number of aliphatic carboxylic acids is 2. The molecule has 152 valence electrons. The van der Waals surface area contributed by atoms with E-state index in [1.54, 1.807) is 0 Å². The Bertz CT molecular complexity index is 769. The van der Waals surface area contributed by atoms with E-state index >= 15 is 0 Å². The maximum absolute atomic E-state index is 9.10. The number of nitrogens with zero attached hydrogens (tertiary/aromatic N) is 3. The quantitative estimate of drug-likeness (QED) is 0.400. The molecule has 4 rings (SSSR count). The minimum atomic E-state index is -1.82. The number of rotatable bonds is 6. The second-order valence-corrected chi connectivity index (χ2v) is 9.51. The summed E-state index contributed by atoms with van der Waals surface area (Å²) in [5.74, 6) is -1.04. The number of piperidine rings is 1. The van der Waals surface area contributed by atoms with Gasteiger partial charge < -0.3 is 15.1 Å². The lowest BCUT2D eigenvalue weighted by atomic mass is 9.89. The van der Waals surface area contributed by atoms with Crippen molar-refractivity contribution in [3.8, 4) is 0 Å². The second kappa shape index (κ2) is 10.3. The molecule has 0 saturated carbocycles. The van der Waals surface area contributed by atoms with E-state index in [1.807, 2.05) is 23.1 Å². The van der Waals surface area contributed by atoms with Crippen LogP contribution in [0.15, 0.2) is 22.5 Å². The maximum Gasteiger partial charge on any atom is 0.414 e. The Balaban J connectivity index is 0.000000330. The molecule has 2 aromatic heterocycles. The first-order valence-corrected chi connectivity index (χ1v) is 11.8. The molecule has 28 heavy (non-hydrogen) atoms. The van der Waals surface area contributed by atoms with Crippen LogP contribution in [0.25, 0.3) is 0 Å². The molecule has 0 aliphatic carbocycles. The Morgan fingerprint density at radius 3 is 2.75 bits per heavy atom. The van der Waals surface area contributed by atoms with Crippen molar-refractivity contribution in [2.24, 2.45) is 5.92 Å². The van der Waals surface area contributed by atoms with E-state index in [2.05, 4.69) is 31.2 Å². The molecule has 2 aliphatic heterocycles. The number of carboxylic acid groups (broad SMARTS) is 2. The fourth-order valence-electron chi connectivity index (χ4n) is 3.71. The number of aryl methyl sites for hydroxylation is 1. The molecule has 0 aromatic carbocycles. The SMILES string of the molecule is O=C(O)C(=O)O.c1csc(CCCSc2nsnc2[C@H]2CN3CCC[C@H]2C3)c1. The normalized spacial score (nSPS) is 23.1. The number of fused-ring (bicyclic) bond motifs is 2. The van der Waals surface area contributed by atoms with Gasteiger partial charge in [0.1, 0.15) is 5.03 Å². The van der Waals surface area contributed by atoms with Gasteiger partial charge in [0.15, 0.2) is 0 Å². The molecular formula is C18H23N3O4S3. The summed E-state index contributed by atoms with van der Waals surface area (Å²) in [6.07, 6.45) is 5.16. The molecule has 2 bridgehead atoms. The summed E-state index contributed by atoms with van der Waals surface area (Å²) in [6.45, 7) is 3.78. The molecule has 4 heterocycles. The van der Waals surface area contributed by atoms with E-state index in [4.69, 9.17) is 19.8 Å². The zero-order chi connectivity index (χ0) is 19.9. The van der Waals surface area contributed by atoms with Gasteiger partial charge in [0.2, 0.25) is 0 Å². The van der Waals surface area contributed by atoms with Crippen LogP contribution >= 0.6 is 34.8 Å². The highest BCUT2D eigenvalue weighted by Crippen LogP contribution is 2.41. The largest absolute Gasteiger partial charge is 0.473 e. The third-order valence-electron chi connectivity index (χ3n) is 4.97. The molecule has 0 radical (unpaired) electrons. The number of thiophene rings is 1. The summed E-state index contributed by atoms with van der Waals surface area (Å²) in [5, 5.41) is 18.2. The van der Waals surface area contributed by atoms with Gasteiger partial charge in [-0.25, -0.2) is 9.59 Å². The van der Waals surface area contributed by atoms with Gasteiger partial charge in [-0.2, -0.15) is 8.75 Å². The fraction of sp³-hybridized carbons (Fsp3) is 0.556. The molecule has 2 saturated heterocycles. The first kappa shape index (κ1) is 21.2. The molecule has 2 N–H and O–H groups in total. The number of thioether (sulfide) groups is 1. The van der Waals surface area contributed by atoms with Crippen molar-refractivity contribution >= 4 is 46.8 Å². The average Bonchev–Trinajstić information content (AvgIpc) is 3.40. The summed E-state index contributed by atoms with van der Waals surface area (Å²) in [5.41, 5.74) is 1.31. The highest BCUT2D eigenvalue weighted by molar-refractivity contribution is 7.99. The fourth-order valence-corrected chi connectivity index (χ4v) is 6.17. The maximum atomic E-state index is 9.10. The number of carboxylic acids is 2. The van der Waals surface area contributed by atoms with Gasteiger partial charge in [-0.1, -0.05) is 6.07 Å². The van der Waals surface area contributed by atoms with Crippen molar-refractivity contribution in [1.29, 1.82) is 0 Å². The van der Waals surface area contributed by atoms with Crippen molar-refractivity contribution in [2.75, 3.05) is 25.4 Å². The van der Waals surface area contributed by atoms with Crippen molar-refractivity contribution in [3.63, 3.8) is 0 Å². The molecule has 2 aromatic rings. The number of hydrogen-bond acceptors (Lipinski definition) is 8. The van der Waals surface area contributed by atoms with Crippen LogP contribution in [0.1, 0.15) is 35.8 Å². The van der Waals surface area contributed by atoms with E-state index in [0.29, 0.717) is 5.92 Å². The summed E-state index contributed by atoms with van der Waals surface area (Å²) in [7, 11) is 0. The van der Waals surface area contributed by atoms with Crippen molar-refractivity contribution in [1.82, 2.24) is 13.6 Å². The lowest BCUT2D eigenvalue weighted by Crippen LogP contribution is -2.25. The third kappa shape index (κ3) is 5.76. The standard InChI is InChI=1S/C16H21N3S3.C2H2O4/c1-4-12-10-19(7-1)11-14(12)15-16(18-22-17-15)21-9-3-6-13-5-2-8-20-13;3-1(4)2(5)6/h2,5,8,12,14H,1,3-4,6-7,9-11H2;(H,3,4)(H,5,6)/t12-,14-;/m0./s1. The highest BCUT2D eigenvalue weighted by Gasteiger charge is 2.38. The first-order chi connectivity index (χ1) is 13.5. The lowest BCUT2D eigenvalue weighted by molar-refractivity contribution is -0.159. The monoisotopic (exact) mass is 441 g/mol. The molecule has 2 aliphatic rings. The Morgan fingerprint density at radius 2 is 2.07 bits per heavy atom. The third-order valence-corrected chi connectivity index (χ3v) is 7.63. The van der Waals surface area contributed by atoms with Gasteiger partial charge in [-0.15, -0.1) is 23.1 Å². The van der Waals surface area contributed by atoms with Crippen LogP contribution in [-0.4, -0.2) is 61.2 Å². The predicted octanol–water partition coefficient (Wildman–Crippen LogP) is 3.29. The van der Waals surface area contributed by atoms with Crippen molar-refractivity contribution < 1.29 is 19.8 Å². The van der Waals surface area contributed by atoms with Gasteiger partial charge in [0.25, 0.3) is 0 Å². The minimum absolute atomic E-state index is 0.640. The van der Waals surface area contributed by atoms with Gasteiger partial charge in [-0.3, -0.25) is 0 Å². The van der Waals surface area contributed by atoms with Crippen LogP contribution in [0.3, 0.4) is 0 Å². The predicted molar refractivity (Wildman–Crippen MR) is 110 cm³/mol. The molecule has 1 unspecified atom stereocenters. The molecular weight excluding hydrogens is 418 g/mol. The van der Waals surface area contributed by atoms with Crippen LogP contribution in [0.4, 0.5) is 0 Å². The van der Waals surface area contributed by atoms with E-state index in [1.165, 1.54) is 72.6 Å². The number of aromatic nitrogens is 2. The Hall–Kier alpha value is -1.49. The van der Waals surface area contributed by atoms with Gasteiger partial charge in [0, 0.05) is 23.9 Å². The van der Waals surface area contributed by atoms with E-state index in [9.17, 15) is 0 Å². The summed E-state index contributed by atoms with van der Waals surface area (Å²) in [6, 6.07) is 4.38. The lowest BCUT2D eigenvalue weighted by Gasteiger charge is -2.21. The molecule has 3 atom stereocenters. The smallest absolute Gasteiger partial charge is 0.414 e. The summed E-state index contributed by atoms with van der Waals surface area (Å²) >= 11 is 5.19. The van der Waals surface area contributed by atoms with Crippen molar-refractivity contribution in [3.05, 3.63) is 28.1 Å². The van der Waals surface area contributed by atoms with Crippen LogP contribution in [0, 0.1) is 5.92 Å². The molecule has 10 heteroatoms. The first-order valence-electron chi connectivity index (χ1n) is 9.20. The summed E-state index contributed by atoms with van der Waals surface area (Å²) < 4.78 is 9.26. The Labute approximate surface area is 176 Å². The van der Waals surface area contributed by atoms with Crippen LogP contribution in [0.5, 0.6) is 0 Å².